The predicted octanol–water partition coefficient (Wildman–Crippen LogP) is 1.58. The maximum absolute atomic E-state index is 14.6. The topological polar surface area (TPSA) is 118 Å². The fourth-order valence-electron chi connectivity index (χ4n) is 2.63. The molecule has 1 atom stereocenters. The molecule has 0 unspecified atom stereocenters. The highest BCUT2D eigenvalue weighted by molar-refractivity contribution is 7.87. The second-order valence-electron chi connectivity index (χ2n) is 5.57. The van der Waals surface area contributed by atoms with Crippen molar-refractivity contribution < 1.29 is 12.8 Å². The molecule has 0 bridgehead atoms. The van der Waals surface area contributed by atoms with Crippen LogP contribution in [0.25, 0.3) is 22.2 Å². The lowest BCUT2D eigenvalue weighted by molar-refractivity contribution is 0.566. The van der Waals surface area contributed by atoms with E-state index in [1.54, 1.807) is 31.2 Å². The lowest BCUT2D eigenvalue weighted by atomic mass is 9.99. The number of pyridine rings is 2. The third kappa shape index (κ3) is 3.73. The molecule has 2 heterocycles. The van der Waals surface area contributed by atoms with Gasteiger partial charge in [0.2, 0.25) is 5.56 Å². The molecular formula is C16H15FN4O3S. The number of aromatic nitrogens is 2. The first-order valence-corrected chi connectivity index (χ1v) is 8.87. The van der Waals surface area contributed by atoms with E-state index in [0.717, 1.165) is 0 Å². The predicted molar refractivity (Wildman–Crippen MR) is 92.4 cm³/mol. The van der Waals surface area contributed by atoms with Crippen LogP contribution in [0.2, 0.25) is 0 Å². The first-order chi connectivity index (χ1) is 11.7. The molecule has 2 aromatic heterocycles. The van der Waals surface area contributed by atoms with E-state index in [2.05, 4.69) is 14.7 Å². The van der Waals surface area contributed by atoms with E-state index in [1.807, 2.05) is 0 Å². The molecule has 9 heteroatoms. The first-order valence-electron chi connectivity index (χ1n) is 7.32. The van der Waals surface area contributed by atoms with E-state index in [9.17, 15) is 17.6 Å². The fourth-order valence-corrected chi connectivity index (χ4v) is 3.26. The van der Waals surface area contributed by atoms with Crippen LogP contribution >= 0.6 is 0 Å². The van der Waals surface area contributed by atoms with Crippen LogP contribution in [0.5, 0.6) is 0 Å². The number of fused-ring (bicyclic) bond motifs is 1. The van der Waals surface area contributed by atoms with E-state index in [4.69, 9.17) is 5.14 Å². The van der Waals surface area contributed by atoms with Gasteiger partial charge in [0, 0.05) is 29.3 Å². The van der Waals surface area contributed by atoms with Crippen LogP contribution in [-0.2, 0) is 10.2 Å². The van der Waals surface area contributed by atoms with E-state index < -0.39 is 22.1 Å². The van der Waals surface area contributed by atoms with Gasteiger partial charge in [0.05, 0.1) is 0 Å². The zero-order chi connectivity index (χ0) is 18.2. The average molecular weight is 362 g/mol. The minimum Gasteiger partial charge on any atom is -0.307 e. The molecule has 0 aliphatic heterocycles. The molecule has 130 valence electrons. The molecule has 0 saturated heterocycles. The molecule has 0 fully saturated rings. The summed E-state index contributed by atoms with van der Waals surface area (Å²) in [7, 11) is -3.89. The summed E-state index contributed by atoms with van der Waals surface area (Å²) in [4.78, 5) is 18.1. The van der Waals surface area contributed by atoms with Crippen molar-refractivity contribution in [3.8, 4) is 11.1 Å². The summed E-state index contributed by atoms with van der Waals surface area (Å²) in [6, 6.07) is 8.29. The number of halogens is 1. The lowest BCUT2D eigenvalue weighted by Gasteiger charge is -2.14. The molecule has 0 radical (unpaired) electrons. The molecule has 3 aromatic rings. The van der Waals surface area contributed by atoms with E-state index in [-0.39, 0.29) is 5.56 Å². The van der Waals surface area contributed by atoms with Gasteiger partial charge in [-0.2, -0.15) is 13.1 Å². The van der Waals surface area contributed by atoms with Crippen molar-refractivity contribution in [3.63, 3.8) is 0 Å². The minimum absolute atomic E-state index is 0.295. The number of benzene rings is 1. The van der Waals surface area contributed by atoms with Crippen LogP contribution in [0.4, 0.5) is 4.39 Å². The Balaban J connectivity index is 2.06. The first kappa shape index (κ1) is 17.2. The molecule has 0 spiro atoms. The molecule has 4 N–H and O–H groups in total. The molecule has 3 rings (SSSR count). The number of hydrogen-bond acceptors (Lipinski definition) is 4. The van der Waals surface area contributed by atoms with Crippen LogP contribution in [-0.4, -0.2) is 18.4 Å². The molecule has 0 aliphatic carbocycles. The third-order valence-electron chi connectivity index (χ3n) is 3.76. The van der Waals surface area contributed by atoms with Crippen molar-refractivity contribution in [2.75, 3.05) is 0 Å². The average Bonchev–Trinajstić information content (AvgIpc) is 2.52. The summed E-state index contributed by atoms with van der Waals surface area (Å²) in [6.45, 7) is 1.56. The summed E-state index contributed by atoms with van der Waals surface area (Å²) in [5, 5.41) is 5.54. The fraction of sp³-hybridized carbons (Fsp3) is 0.125. The third-order valence-corrected chi connectivity index (χ3v) is 4.44. The summed E-state index contributed by atoms with van der Waals surface area (Å²) in [5.41, 5.74) is 1.37. The maximum Gasteiger partial charge on any atom is 0.274 e. The maximum atomic E-state index is 14.6. The van der Waals surface area contributed by atoms with Gasteiger partial charge in [0.15, 0.2) is 0 Å². The zero-order valence-electron chi connectivity index (χ0n) is 13.2. The Labute approximate surface area is 142 Å². The van der Waals surface area contributed by atoms with Gasteiger partial charge in [-0.3, -0.25) is 4.79 Å². The highest BCUT2D eigenvalue weighted by atomic mass is 32.2. The molecule has 0 aliphatic rings. The Kier molecular flexibility index (Phi) is 4.38. The van der Waals surface area contributed by atoms with Gasteiger partial charge in [-0.15, -0.1) is 0 Å². The SMILES string of the molecule is C[C@@H](NS(N)(=O)=O)c1ccc(-c2ccnc3[nH]c(=O)ccc23)c(F)c1. The van der Waals surface area contributed by atoms with Gasteiger partial charge in [-0.25, -0.2) is 14.5 Å². The second-order valence-corrected chi connectivity index (χ2v) is 6.89. The number of hydrogen-bond donors (Lipinski definition) is 3. The van der Waals surface area contributed by atoms with Crippen LogP contribution < -0.4 is 15.4 Å². The molecular weight excluding hydrogens is 347 g/mol. The van der Waals surface area contributed by atoms with Gasteiger partial charge in [0.25, 0.3) is 10.2 Å². The number of H-pyrrole nitrogens is 1. The number of rotatable bonds is 4. The molecule has 0 saturated carbocycles. The van der Waals surface area contributed by atoms with Crippen molar-refractivity contribution in [1.82, 2.24) is 14.7 Å². The minimum atomic E-state index is -3.89. The Morgan fingerprint density at radius 2 is 1.96 bits per heavy atom. The number of nitrogens with zero attached hydrogens (tertiary/aromatic N) is 1. The Morgan fingerprint density at radius 1 is 1.20 bits per heavy atom. The summed E-state index contributed by atoms with van der Waals surface area (Å²) >= 11 is 0. The smallest absolute Gasteiger partial charge is 0.274 e. The molecule has 1 aromatic carbocycles. The highest BCUT2D eigenvalue weighted by Crippen LogP contribution is 2.30. The molecule has 7 nitrogen and oxygen atoms in total. The summed E-state index contributed by atoms with van der Waals surface area (Å²) in [5.74, 6) is -0.528. The van der Waals surface area contributed by atoms with Crippen molar-refractivity contribution in [2.24, 2.45) is 5.14 Å². The zero-order valence-corrected chi connectivity index (χ0v) is 14.0. The van der Waals surface area contributed by atoms with Crippen molar-refractivity contribution in [1.29, 1.82) is 0 Å². The van der Waals surface area contributed by atoms with Gasteiger partial charge >= 0.3 is 0 Å². The Morgan fingerprint density at radius 3 is 2.64 bits per heavy atom. The monoisotopic (exact) mass is 362 g/mol. The normalized spacial score (nSPS) is 13.1. The number of aromatic amines is 1. The van der Waals surface area contributed by atoms with E-state index >= 15 is 0 Å². The van der Waals surface area contributed by atoms with Gasteiger partial charge in [-0.05, 0) is 36.2 Å². The van der Waals surface area contributed by atoms with Crippen LogP contribution in [0, 0.1) is 5.82 Å². The van der Waals surface area contributed by atoms with Crippen LogP contribution in [0.1, 0.15) is 18.5 Å². The standard InChI is InChI=1S/C16H15FN4O3S/c1-9(21-25(18,23)24)10-2-3-12(14(17)8-10)11-6-7-19-16-13(11)4-5-15(22)20-16/h2-9,21H,1H3,(H2,18,23,24)(H,19,20,22)/t9-/m1/s1. The summed E-state index contributed by atoms with van der Waals surface area (Å²) < 4.78 is 39.0. The quantitative estimate of drug-likeness (QED) is 0.653. The largest absolute Gasteiger partial charge is 0.307 e. The number of nitrogens with two attached hydrogens (primary N) is 1. The van der Waals surface area contributed by atoms with E-state index in [0.29, 0.717) is 27.7 Å². The molecule has 0 amide bonds. The van der Waals surface area contributed by atoms with Crippen LogP contribution in [0.15, 0.2) is 47.4 Å². The van der Waals surface area contributed by atoms with Crippen LogP contribution in [0.3, 0.4) is 0 Å². The van der Waals surface area contributed by atoms with Gasteiger partial charge < -0.3 is 4.98 Å². The highest BCUT2D eigenvalue weighted by Gasteiger charge is 2.15. The lowest BCUT2D eigenvalue weighted by Crippen LogP contribution is -2.33. The van der Waals surface area contributed by atoms with Crippen molar-refractivity contribution in [2.45, 2.75) is 13.0 Å². The van der Waals surface area contributed by atoms with Crippen molar-refractivity contribution >= 4 is 21.2 Å². The van der Waals surface area contributed by atoms with Gasteiger partial charge in [0.1, 0.15) is 11.5 Å². The summed E-state index contributed by atoms with van der Waals surface area (Å²) in [6.07, 6.45) is 1.48. The van der Waals surface area contributed by atoms with E-state index in [1.165, 1.54) is 18.3 Å². The van der Waals surface area contributed by atoms with Crippen molar-refractivity contribution in [3.05, 3.63) is 64.3 Å². The van der Waals surface area contributed by atoms with Gasteiger partial charge in [-0.1, -0.05) is 12.1 Å². The Hall–Kier alpha value is -2.62. The molecule has 25 heavy (non-hydrogen) atoms. The Bertz CT molecular complexity index is 1110. The second kappa shape index (κ2) is 6.36. The number of nitrogens with one attached hydrogen (secondary N) is 2.